The Morgan fingerprint density at radius 2 is 1.63 bits per heavy atom. The molecule has 2 aliphatic rings. The Balaban J connectivity index is 1.54. The van der Waals surface area contributed by atoms with E-state index in [-0.39, 0.29) is 17.7 Å². The zero-order valence-electron chi connectivity index (χ0n) is 22.5. The van der Waals surface area contributed by atoms with Crippen LogP contribution in [0.15, 0.2) is 24.3 Å². The van der Waals surface area contributed by atoms with Gasteiger partial charge in [-0.05, 0) is 68.1 Å². The van der Waals surface area contributed by atoms with Crippen molar-refractivity contribution in [2.24, 2.45) is 23.5 Å². The molecule has 0 spiro atoms. The van der Waals surface area contributed by atoms with Crippen LogP contribution in [0.1, 0.15) is 97.0 Å². The number of anilines is 1. The van der Waals surface area contributed by atoms with Crippen molar-refractivity contribution in [2.75, 3.05) is 24.5 Å². The van der Waals surface area contributed by atoms with Crippen molar-refractivity contribution in [1.29, 1.82) is 0 Å². The van der Waals surface area contributed by atoms with Gasteiger partial charge in [0.05, 0.1) is 0 Å². The maximum absolute atomic E-state index is 12.7. The summed E-state index contributed by atoms with van der Waals surface area (Å²) in [5, 5.41) is 0. The zero-order valence-corrected chi connectivity index (χ0v) is 22.5. The number of piperidine rings is 1. The van der Waals surface area contributed by atoms with Crippen molar-refractivity contribution in [3.63, 3.8) is 0 Å². The molecule has 1 saturated carbocycles. The van der Waals surface area contributed by atoms with Gasteiger partial charge in [0.15, 0.2) is 0 Å². The summed E-state index contributed by atoms with van der Waals surface area (Å²) in [6, 6.07) is 9.83. The smallest absolute Gasteiger partial charge is 0.222 e. The number of amides is 2. The molecule has 1 aromatic carbocycles. The molecular weight excluding hydrogens is 434 g/mol. The first-order valence-electron chi connectivity index (χ1n) is 14.3. The summed E-state index contributed by atoms with van der Waals surface area (Å²) in [5.41, 5.74) is 8.14. The highest BCUT2D eigenvalue weighted by molar-refractivity contribution is 5.79. The molecule has 1 aliphatic heterocycles. The summed E-state index contributed by atoms with van der Waals surface area (Å²) < 4.78 is 0. The van der Waals surface area contributed by atoms with Crippen LogP contribution in [0, 0.1) is 17.8 Å². The van der Waals surface area contributed by atoms with Crippen molar-refractivity contribution < 1.29 is 9.59 Å². The SMILES string of the molecule is CC(C)CCN(c1ccc(CCC2CCCCC2)cc1)C1CCN(C(=O)CCC(C)C(N)=O)CC1. The Morgan fingerprint density at radius 1 is 0.971 bits per heavy atom. The zero-order chi connectivity index (χ0) is 25.2. The number of likely N-dealkylation sites (tertiary alicyclic amines) is 1. The first-order valence-corrected chi connectivity index (χ1v) is 14.3. The second-order valence-corrected chi connectivity index (χ2v) is 11.5. The van der Waals surface area contributed by atoms with Crippen molar-refractivity contribution >= 4 is 17.5 Å². The topological polar surface area (TPSA) is 66.6 Å². The van der Waals surface area contributed by atoms with E-state index >= 15 is 0 Å². The predicted molar refractivity (Wildman–Crippen MR) is 145 cm³/mol. The number of hydrogen-bond acceptors (Lipinski definition) is 3. The normalized spacial score (nSPS) is 18.6. The molecule has 196 valence electrons. The maximum Gasteiger partial charge on any atom is 0.222 e. The van der Waals surface area contributed by atoms with E-state index in [0.717, 1.165) is 38.4 Å². The van der Waals surface area contributed by atoms with Gasteiger partial charge >= 0.3 is 0 Å². The third kappa shape index (κ3) is 8.84. The molecule has 2 amide bonds. The van der Waals surface area contributed by atoms with Gasteiger partial charge in [0.2, 0.25) is 11.8 Å². The van der Waals surface area contributed by atoms with E-state index in [1.165, 1.54) is 62.6 Å². The van der Waals surface area contributed by atoms with Gasteiger partial charge < -0.3 is 15.5 Å². The largest absolute Gasteiger partial charge is 0.369 e. The van der Waals surface area contributed by atoms with Crippen molar-refractivity contribution in [2.45, 2.75) is 104 Å². The van der Waals surface area contributed by atoms with Gasteiger partial charge in [-0.1, -0.05) is 65.0 Å². The summed E-state index contributed by atoms with van der Waals surface area (Å²) in [6.45, 7) is 9.05. The minimum atomic E-state index is -0.322. The molecule has 0 radical (unpaired) electrons. The van der Waals surface area contributed by atoms with Gasteiger partial charge in [0.1, 0.15) is 0 Å². The molecule has 2 fully saturated rings. The predicted octanol–water partition coefficient (Wildman–Crippen LogP) is 5.94. The number of benzene rings is 1. The fourth-order valence-electron chi connectivity index (χ4n) is 5.69. The van der Waals surface area contributed by atoms with Crippen molar-refractivity contribution in [1.82, 2.24) is 4.90 Å². The minimum Gasteiger partial charge on any atom is -0.369 e. The quantitative estimate of drug-likeness (QED) is 0.400. The van der Waals surface area contributed by atoms with Gasteiger partial charge in [0, 0.05) is 43.7 Å². The van der Waals surface area contributed by atoms with Gasteiger partial charge in [-0.2, -0.15) is 0 Å². The number of hydrogen-bond donors (Lipinski definition) is 1. The van der Waals surface area contributed by atoms with Gasteiger partial charge in [0.25, 0.3) is 0 Å². The van der Waals surface area contributed by atoms with E-state index in [0.29, 0.717) is 24.8 Å². The Hall–Kier alpha value is -2.04. The number of nitrogens with zero attached hydrogens (tertiary/aromatic N) is 2. The second-order valence-electron chi connectivity index (χ2n) is 11.5. The minimum absolute atomic E-state index is 0.160. The third-order valence-corrected chi connectivity index (χ3v) is 8.32. The van der Waals surface area contributed by atoms with E-state index in [1.807, 2.05) is 4.90 Å². The van der Waals surface area contributed by atoms with Crippen LogP contribution in [0.25, 0.3) is 0 Å². The highest BCUT2D eigenvalue weighted by atomic mass is 16.2. The molecule has 1 heterocycles. The summed E-state index contributed by atoms with van der Waals surface area (Å²) in [7, 11) is 0. The summed E-state index contributed by atoms with van der Waals surface area (Å²) in [5.74, 6) is 1.19. The molecular formula is C30H49N3O2. The lowest BCUT2D eigenvalue weighted by atomic mass is 9.85. The third-order valence-electron chi connectivity index (χ3n) is 8.32. The first-order chi connectivity index (χ1) is 16.8. The number of rotatable bonds is 12. The first kappa shape index (κ1) is 27.5. The fourth-order valence-corrected chi connectivity index (χ4v) is 5.69. The van der Waals surface area contributed by atoms with E-state index in [1.54, 1.807) is 6.92 Å². The van der Waals surface area contributed by atoms with Crippen LogP contribution >= 0.6 is 0 Å². The number of aryl methyl sites for hydroxylation is 1. The molecule has 5 nitrogen and oxygen atoms in total. The number of nitrogens with two attached hydrogens (primary N) is 1. The number of primary amides is 1. The summed E-state index contributed by atoms with van der Waals surface area (Å²) in [6.07, 6.45) is 13.8. The molecule has 35 heavy (non-hydrogen) atoms. The molecule has 3 rings (SSSR count). The van der Waals surface area contributed by atoms with E-state index in [9.17, 15) is 9.59 Å². The van der Waals surface area contributed by atoms with Gasteiger partial charge in [-0.25, -0.2) is 0 Å². The molecule has 1 aliphatic carbocycles. The lowest BCUT2D eigenvalue weighted by Gasteiger charge is -2.40. The average Bonchev–Trinajstić information content (AvgIpc) is 2.87. The van der Waals surface area contributed by atoms with E-state index < -0.39 is 0 Å². The molecule has 1 saturated heterocycles. The standard InChI is InChI=1S/C30H49N3O2/c1-23(2)17-22-33(27-14-12-26(13-15-27)11-10-25-7-5-4-6-8-25)28-18-20-32(21-19-28)29(34)16-9-24(3)30(31)35/h12-15,23-25,28H,4-11,16-22H2,1-3H3,(H2,31,35). The number of carbonyl (C=O) groups excluding carboxylic acids is 2. The summed E-state index contributed by atoms with van der Waals surface area (Å²) in [4.78, 5) is 28.5. The Morgan fingerprint density at radius 3 is 2.23 bits per heavy atom. The maximum atomic E-state index is 12.7. The van der Waals surface area contributed by atoms with E-state index in [2.05, 4.69) is 43.0 Å². The molecule has 1 atom stereocenters. The van der Waals surface area contributed by atoms with Crippen LogP contribution in [0.3, 0.4) is 0 Å². The van der Waals surface area contributed by atoms with Crippen LogP contribution in [-0.2, 0) is 16.0 Å². The molecule has 2 N–H and O–H groups in total. The van der Waals surface area contributed by atoms with Gasteiger partial charge in [-0.15, -0.1) is 0 Å². The molecule has 1 aromatic rings. The molecule has 0 aromatic heterocycles. The van der Waals surface area contributed by atoms with Crippen molar-refractivity contribution in [3.05, 3.63) is 29.8 Å². The van der Waals surface area contributed by atoms with Crippen LogP contribution < -0.4 is 10.6 Å². The molecule has 5 heteroatoms. The number of carbonyl (C=O) groups is 2. The highest BCUT2D eigenvalue weighted by Crippen LogP contribution is 2.29. The van der Waals surface area contributed by atoms with Crippen LogP contribution in [0.5, 0.6) is 0 Å². The lowest BCUT2D eigenvalue weighted by Crippen LogP contribution is -2.47. The molecule has 1 unspecified atom stereocenters. The average molecular weight is 484 g/mol. The monoisotopic (exact) mass is 483 g/mol. The fraction of sp³-hybridized carbons (Fsp3) is 0.733. The van der Waals surface area contributed by atoms with Crippen LogP contribution in [0.4, 0.5) is 5.69 Å². The molecule has 0 bridgehead atoms. The summed E-state index contributed by atoms with van der Waals surface area (Å²) >= 11 is 0. The van der Waals surface area contributed by atoms with Gasteiger partial charge in [-0.3, -0.25) is 9.59 Å². The van der Waals surface area contributed by atoms with Crippen LogP contribution in [-0.4, -0.2) is 42.4 Å². The van der Waals surface area contributed by atoms with Crippen molar-refractivity contribution in [3.8, 4) is 0 Å². The van der Waals surface area contributed by atoms with E-state index in [4.69, 9.17) is 5.73 Å². The second kappa shape index (κ2) is 13.9. The lowest BCUT2D eigenvalue weighted by molar-refractivity contribution is -0.132. The van der Waals surface area contributed by atoms with Crippen LogP contribution in [0.2, 0.25) is 0 Å². The Kier molecular flexibility index (Phi) is 10.9. The highest BCUT2D eigenvalue weighted by Gasteiger charge is 2.27. The Bertz CT molecular complexity index is 777. The Labute approximate surface area is 213 Å².